The molecule has 0 radical (unpaired) electrons. The van der Waals surface area contributed by atoms with Gasteiger partial charge in [0.25, 0.3) is 0 Å². The fraction of sp³-hybridized carbons (Fsp3) is 0.350. The number of carbonyl (C=O) groups excluding carboxylic acids is 1. The fourth-order valence-electron chi connectivity index (χ4n) is 3.58. The highest BCUT2D eigenvalue weighted by molar-refractivity contribution is 5.77. The first-order chi connectivity index (χ1) is 13.1. The molecule has 0 spiro atoms. The molecule has 1 aliphatic heterocycles. The molecule has 1 aromatic carbocycles. The second-order valence-corrected chi connectivity index (χ2v) is 7.08. The highest BCUT2D eigenvalue weighted by Crippen LogP contribution is 2.25. The van der Waals surface area contributed by atoms with Crippen LogP contribution in [0.2, 0.25) is 0 Å². The van der Waals surface area contributed by atoms with Crippen LogP contribution in [-0.4, -0.2) is 53.7 Å². The Bertz CT molecular complexity index is 880. The average Bonchev–Trinajstić information content (AvgIpc) is 3.35. The summed E-state index contributed by atoms with van der Waals surface area (Å²) in [5.41, 5.74) is 0.199. The lowest BCUT2D eigenvalue weighted by Gasteiger charge is -2.38. The maximum Gasteiger partial charge on any atom is 0.242 e. The van der Waals surface area contributed by atoms with Crippen LogP contribution in [0.3, 0.4) is 0 Å². The van der Waals surface area contributed by atoms with E-state index in [1.54, 1.807) is 18.7 Å². The lowest BCUT2D eigenvalue weighted by atomic mass is 9.91. The first-order valence-electron chi connectivity index (χ1n) is 9.15. The number of imidazole rings is 2. The Morgan fingerprint density at radius 2 is 1.89 bits per heavy atom. The van der Waals surface area contributed by atoms with Crippen molar-refractivity contribution in [2.45, 2.75) is 31.5 Å². The van der Waals surface area contributed by atoms with E-state index in [1.165, 1.54) is 0 Å². The summed E-state index contributed by atoms with van der Waals surface area (Å²) in [6.45, 7) is 1.87. The molecule has 0 unspecified atom stereocenters. The number of likely N-dealkylation sites (tertiary alicyclic amines) is 1. The number of rotatable bonds is 5. The molecule has 27 heavy (non-hydrogen) atoms. The van der Waals surface area contributed by atoms with Gasteiger partial charge in [0.05, 0.1) is 18.5 Å². The van der Waals surface area contributed by atoms with Crippen LogP contribution < -0.4 is 0 Å². The van der Waals surface area contributed by atoms with Gasteiger partial charge in [-0.05, 0) is 12.8 Å². The van der Waals surface area contributed by atoms with Crippen molar-refractivity contribution in [3.05, 3.63) is 61.4 Å². The van der Waals surface area contributed by atoms with Crippen LogP contribution in [0.4, 0.5) is 0 Å². The van der Waals surface area contributed by atoms with Crippen molar-refractivity contribution < 1.29 is 9.90 Å². The van der Waals surface area contributed by atoms with Gasteiger partial charge in [-0.2, -0.15) is 0 Å². The molecule has 0 bridgehead atoms. The van der Waals surface area contributed by atoms with E-state index in [2.05, 4.69) is 9.97 Å². The lowest BCUT2D eigenvalue weighted by Crippen LogP contribution is -2.49. The molecule has 3 heterocycles. The Morgan fingerprint density at radius 3 is 2.59 bits per heavy atom. The van der Waals surface area contributed by atoms with Crippen molar-refractivity contribution in [1.82, 2.24) is 24.0 Å². The van der Waals surface area contributed by atoms with Crippen LogP contribution in [0, 0.1) is 0 Å². The molecule has 0 aliphatic carbocycles. The van der Waals surface area contributed by atoms with Gasteiger partial charge >= 0.3 is 0 Å². The van der Waals surface area contributed by atoms with Gasteiger partial charge in [-0.3, -0.25) is 4.79 Å². The van der Waals surface area contributed by atoms with Crippen molar-refractivity contribution in [2.75, 3.05) is 13.1 Å². The molecule has 1 fully saturated rings. The van der Waals surface area contributed by atoms with E-state index in [4.69, 9.17) is 0 Å². The second kappa shape index (κ2) is 7.36. The summed E-state index contributed by atoms with van der Waals surface area (Å²) in [4.78, 5) is 23.0. The third kappa shape index (κ3) is 3.93. The van der Waals surface area contributed by atoms with Crippen molar-refractivity contribution in [3.63, 3.8) is 0 Å². The zero-order chi connectivity index (χ0) is 18.7. The molecule has 0 saturated carbocycles. The van der Waals surface area contributed by atoms with Crippen LogP contribution in [0.25, 0.3) is 11.4 Å². The number of hydrogen-bond acceptors (Lipinski definition) is 4. The molecule has 140 valence electrons. The van der Waals surface area contributed by atoms with Crippen molar-refractivity contribution >= 4 is 5.91 Å². The van der Waals surface area contributed by atoms with E-state index < -0.39 is 5.60 Å². The minimum absolute atomic E-state index is 0.0508. The molecule has 7 nitrogen and oxygen atoms in total. The SMILES string of the molecule is O=C(Cn1ccnc1-c1ccccc1)N1CCC(O)(Cn2ccnc2)CC1. The molecule has 1 N–H and O–H groups in total. The Hall–Kier alpha value is -2.93. The Morgan fingerprint density at radius 1 is 1.11 bits per heavy atom. The van der Waals surface area contributed by atoms with Gasteiger partial charge in [-0.1, -0.05) is 30.3 Å². The summed E-state index contributed by atoms with van der Waals surface area (Å²) < 4.78 is 3.76. The van der Waals surface area contributed by atoms with E-state index >= 15 is 0 Å². The number of aromatic nitrogens is 4. The van der Waals surface area contributed by atoms with E-state index in [1.807, 2.05) is 56.8 Å². The molecule has 0 atom stereocenters. The number of amides is 1. The summed E-state index contributed by atoms with van der Waals surface area (Å²) in [6.07, 6.45) is 9.94. The van der Waals surface area contributed by atoms with Crippen molar-refractivity contribution in [3.8, 4) is 11.4 Å². The largest absolute Gasteiger partial charge is 0.388 e. The summed E-state index contributed by atoms with van der Waals surface area (Å²) in [6, 6.07) is 9.85. The predicted molar refractivity (Wildman–Crippen MR) is 101 cm³/mol. The number of carbonyl (C=O) groups is 1. The third-order valence-corrected chi connectivity index (χ3v) is 5.14. The highest BCUT2D eigenvalue weighted by Gasteiger charge is 2.34. The third-order valence-electron chi connectivity index (χ3n) is 5.14. The fourth-order valence-corrected chi connectivity index (χ4v) is 3.58. The minimum atomic E-state index is -0.790. The zero-order valence-corrected chi connectivity index (χ0v) is 15.1. The van der Waals surface area contributed by atoms with E-state index in [-0.39, 0.29) is 12.5 Å². The summed E-state index contributed by atoms with van der Waals surface area (Å²) in [5, 5.41) is 10.8. The van der Waals surface area contributed by atoms with E-state index in [0.29, 0.717) is 32.5 Å². The molecule has 1 aliphatic rings. The number of piperidine rings is 1. The molecule has 7 heteroatoms. The Balaban J connectivity index is 1.37. The standard InChI is InChI=1S/C20H23N5O2/c26-18(14-25-13-9-22-19(25)17-4-2-1-3-5-17)24-10-6-20(27,7-11-24)15-23-12-8-21-16-23/h1-5,8-9,12-13,16,27H,6-7,10-11,14-15H2. The number of benzene rings is 1. The molecular weight excluding hydrogens is 342 g/mol. The Labute approximate surface area is 157 Å². The van der Waals surface area contributed by atoms with E-state index in [0.717, 1.165) is 11.4 Å². The van der Waals surface area contributed by atoms with Gasteiger partial charge < -0.3 is 19.1 Å². The summed E-state index contributed by atoms with van der Waals surface area (Å²) in [7, 11) is 0. The first kappa shape index (κ1) is 17.5. The lowest BCUT2D eigenvalue weighted by molar-refractivity contribution is -0.136. The maximum atomic E-state index is 12.8. The molecule has 3 aromatic rings. The van der Waals surface area contributed by atoms with Crippen molar-refractivity contribution in [2.24, 2.45) is 0 Å². The number of nitrogens with zero attached hydrogens (tertiary/aromatic N) is 5. The quantitative estimate of drug-likeness (QED) is 0.748. The topological polar surface area (TPSA) is 76.2 Å². The van der Waals surface area contributed by atoms with Crippen LogP contribution in [0.15, 0.2) is 61.4 Å². The van der Waals surface area contributed by atoms with Gasteiger partial charge in [0, 0.05) is 43.4 Å². The van der Waals surface area contributed by atoms with Crippen LogP contribution in [0.5, 0.6) is 0 Å². The number of aliphatic hydroxyl groups is 1. The molecule has 2 aromatic heterocycles. The van der Waals surface area contributed by atoms with Crippen LogP contribution in [0.1, 0.15) is 12.8 Å². The predicted octanol–water partition coefficient (Wildman–Crippen LogP) is 1.80. The van der Waals surface area contributed by atoms with Gasteiger partial charge in [0.15, 0.2) is 0 Å². The van der Waals surface area contributed by atoms with Gasteiger partial charge in [0.2, 0.25) is 5.91 Å². The number of hydrogen-bond donors (Lipinski definition) is 1. The summed E-state index contributed by atoms with van der Waals surface area (Å²) >= 11 is 0. The van der Waals surface area contributed by atoms with E-state index in [9.17, 15) is 9.90 Å². The smallest absolute Gasteiger partial charge is 0.242 e. The Kier molecular flexibility index (Phi) is 4.77. The molecule has 4 rings (SSSR count). The van der Waals surface area contributed by atoms with Crippen LogP contribution in [-0.2, 0) is 17.9 Å². The zero-order valence-electron chi connectivity index (χ0n) is 15.1. The first-order valence-corrected chi connectivity index (χ1v) is 9.15. The molecular formula is C20H23N5O2. The summed E-state index contributed by atoms with van der Waals surface area (Å²) in [5.74, 6) is 0.840. The second-order valence-electron chi connectivity index (χ2n) is 7.08. The minimum Gasteiger partial charge on any atom is -0.388 e. The highest BCUT2D eigenvalue weighted by atomic mass is 16.3. The van der Waals surface area contributed by atoms with Gasteiger partial charge in [-0.25, -0.2) is 9.97 Å². The van der Waals surface area contributed by atoms with Gasteiger partial charge in [0.1, 0.15) is 12.4 Å². The molecule has 1 amide bonds. The van der Waals surface area contributed by atoms with Gasteiger partial charge in [-0.15, -0.1) is 0 Å². The van der Waals surface area contributed by atoms with Crippen molar-refractivity contribution in [1.29, 1.82) is 0 Å². The monoisotopic (exact) mass is 365 g/mol. The van der Waals surface area contributed by atoms with Crippen LogP contribution >= 0.6 is 0 Å². The normalized spacial score (nSPS) is 16.4. The average molecular weight is 365 g/mol. The maximum absolute atomic E-state index is 12.8. The molecule has 1 saturated heterocycles.